The largest absolute Gasteiger partial charge is 0.466 e. The zero-order chi connectivity index (χ0) is 8.97. The van der Waals surface area contributed by atoms with E-state index in [-0.39, 0.29) is 18.5 Å². The molecule has 0 aromatic heterocycles. The standard InChI is InChI=1S/C9H14O3/c1-12-9(11)5-7-3-2-4-8(7)6-10/h5,8,10H,2-4,6H2,1H3/b7-5-. The smallest absolute Gasteiger partial charge is 0.330 e. The van der Waals surface area contributed by atoms with Gasteiger partial charge in [0.25, 0.3) is 0 Å². The van der Waals surface area contributed by atoms with Crippen LogP contribution in [-0.2, 0) is 9.53 Å². The van der Waals surface area contributed by atoms with Gasteiger partial charge in [-0.05, 0) is 19.3 Å². The summed E-state index contributed by atoms with van der Waals surface area (Å²) < 4.78 is 4.51. The van der Waals surface area contributed by atoms with Crippen molar-refractivity contribution in [1.29, 1.82) is 0 Å². The summed E-state index contributed by atoms with van der Waals surface area (Å²) in [7, 11) is 1.36. The molecule has 1 aliphatic carbocycles. The highest BCUT2D eigenvalue weighted by atomic mass is 16.5. The van der Waals surface area contributed by atoms with Crippen molar-refractivity contribution in [3.8, 4) is 0 Å². The lowest BCUT2D eigenvalue weighted by molar-refractivity contribution is -0.134. The maximum Gasteiger partial charge on any atom is 0.330 e. The molecule has 0 aromatic rings. The molecule has 0 aromatic carbocycles. The average molecular weight is 170 g/mol. The molecule has 1 aliphatic rings. The first-order valence-corrected chi connectivity index (χ1v) is 4.17. The van der Waals surface area contributed by atoms with E-state index in [1.165, 1.54) is 13.2 Å². The Balaban J connectivity index is 2.60. The van der Waals surface area contributed by atoms with E-state index in [1.54, 1.807) is 0 Å². The summed E-state index contributed by atoms with van der Waals surface area (Å²) in [5.74, 6) is -0.130. The van der Waals surface area contributed by atoms with Crippen LogP contribution in [0.4, 0.5) is 0 Å². The summed E-state index contributed by atoms with van der Waals surface area (Å²) >= 11 is 0. The zero-order valence-electron chi connectivity index (χ0n) is 7.25. The Bertz CT molecular complexity index is 196. The van der Waals surface area contributed by atoms with Crippen molar-refractivity contribution in [2.24, 2.45) is 5.92 Å². The lowest BCUT2D eigenvalue weighted by atomic mass is 10.0. The van der Waals surface area contributed by atoms with Gasteiger partial charge in [0.15, 0.2) is 0 Å². The fraction of sp³-hybridized carbons (Fsp3) is 0.667. The van der Waals surface area contributed by atoms with Gasteiger partial charge < -0.3 is 9.84 Å². The van der Waals surface area contributed by atoms with Gasteiger partial charge in [0.2, 0.25) is 0 Å². The van der Waals surface area contributed by atoms with Gasteiger partial charge in [0.05, 0.1) is 7.11 Å². The molecule has 0 aliphatic heterocycles. The molecule has 1 unspecified atom stereocenters. The second kappa shape index (κ2) is 4.26. The maximum atomic E-state index is 10.8. The molecule has 0 spiro atoms. The SMILES string of the molecule is COC(=O)/C=C1/CCCC1CO. The Morgan fingerprint density at radius 3 is 3.17 bits per heavy atom. The van der Waals surface area contributed by atoms with Crippen molar-refractivity contribution in [3.63, 3.8) is 0 Å². The van der Waals surface area contributed by atoms with Crippen LogP contribution in [0.2, 0.25) is 0 Å². The van der Waals surface area contributed by atoms with Crippen LogP contribution in [0.1, 0.15) is 19.3 Å². The molecule has 0 amide bonds. The Morgan fingerprint density at radius 1 is 1.83 bits per heavy atom. The second-order valence-corrected chi connectivity index (χ2v) is 3.01. The quantitative estimate of drug-likeness (QED) is 0.494. The van der Waals surface area contributed by atoms with Crippen LogP contribution in [0.15, 0.2) is 11.6 Å². The molecule has 0 saturated heterocycles. The van der Waals surface area contributed by atoms with E-state index in [1.807, 2.05) is 0 Å². The summed E-state index contributed by atoms with van der Waals surface area (Å²) in [5, 5.41) is 8.93. The van der Waals surface area contributed by atoms with Crippen LogP contribution in [0.25, 0.3) is 0 Å². The van der Waals surface area contributed by atoms with Gasteiger partial charge in [-0.1, -0.05) is 5.57 Å². The minimum atomic E-state index is -0.314. The third kappa shape index (κ3) is 2.08. The van der Waals surface area contributed by atoms with Crippen LogP contribution in [0.3, 0.4) is 0 Å². The molecular weight excluding hydrogens is 156 g/mol. The molecule has 1 saturated carbocycles. The molecule has 0 radical (unpaired) electrons. The summed E-state index contributed by atoms with van der Waals surface area (Å²) in [4.78, 5) is 10.8. The molecule has 12 heavy (non-hydrogen) atoms. The number of esters is 1. The maximum absolute atomic E-state index is 10.8. The van der Waals surface area contributed by atoms with Gasteiger partial charge in [0.1, 0.15) is 0 Å². The number of aliphatic hydroxyl groups excluding tert-OH is 1. The van der Waals surface area contributed by atoms with Crippen molar-refractivity contribution in [1.82, 2.24) is 0 Å². The molecule has 0 heterocycles. The highest BCUT2D eigenvalue weighted by molar-refractivity contribution is 5.82. The van der Waals surface area contributed by atoms with E-state index < -0.39 is 0 Å². The van der Waals surface area contributed by atoms with Gasteiger partial charge in [-0.2, -0.15) is 0 Å². The molecule has 1 N–H and O–H groups in total. The van der Waals surface area contributed by atoms with Crippen molar-refractivity contribution < 1.29 is 14.6 Å². The number of methoxy groups -OCH3 is 1. The molecule has 68 valence electrons. The Labute approximate surface area is 72.0 Å². The van der Waals surface area contributed by atoms with Crippen LogP contribution in [0.5, 0.6) is 0 Å². The van der Waals surface area contributed by atoms with E-state index in [0.717, 1.165) is 24.8 Å². The van der Waals surface area contributed by atoms with Crippen molar-refractivity contribution in [3.05, 3.63) is 11.6 Å². The van der Waals surface area contributed by atoms with E-state index in [0.29, 0.717) is 0 Å². The molecule has 1 rings (SSSR count). The van der Waals surface area contributed by atoms with Crippen LogP contribution in [0, 0.1) is 5.92 Å². The van der Waals surface area contributed by atoms with Gasteiger partial charge >= 0.3 is 5.97 Å². The number of carbonyl (C=O) groups excluding carboxylic acids is 1. The number of aliphatic hydroxyl groups is 1. The van der Waals surface area contributed by atoms with Crippen LogP contribution >= 0.6 is 0 Å². The number of rotatable bonds is 2. The number of hydrogen-bond acceptors (Lipinski definition) is 3. The van der Waals surface area contributed by atoms with Crippen LogP contribution in [-0.4, -0.2) is 24.8 Å². The molecule has 1 fully saturated rings. The predicted molar refractivity (Wildman–Crippen MR) is 44.5 cm³/mol. The molecule has 1 atom stereocenters. The lowest BCUT2D eigenvalue weighted by Gasteiger charge is -2.06. The predicted octanol–water partition coefficient (Wildman–Crippen LogP) is 0.878. The highest BCUT2D eigenvalue weighted by Crippen LogP contribution is 2.30. The normalized spacial score (nSPS) is 26.2. The van der Waals surface area contributed by atoms with Crippen molar-refractivity contribution in [2.75, 3.05) is 13.7 Å². The Hall–Kier alpha value is -0.830. The first kappa shape index (κ1) is 9.26. The molecule has 3 heteroatoms. The minimum Gasteiger partial charge on any atom is -0.466 e. The zero-order valence-corrected chi connectivity index (χ0v) is 7.25. The van der Waals surface area contributed by atoms with E-state index in [4.69, 9.17) is 5.11 Å². The van der Waals surface area contributed by atoms with Crippen LogP contribution < -0.4 is 0 Å². The average Bonchev–Trinajstić information content (AvgIpc) is 2.51. The monoisotopic (exact) mass is 170 g/mol. The molecular formula is C9H14O3. The Morgan fingerprint density at radius 2 is 2.58 bits per heavy atom. The Kier molecular flexibility index (Phi) is 3.29. The highest BCUT2D eigenvalue weighted by Gasteiger charge is 2.20. The topological polar surface area (TPSA) is 46.5 Å². The second-order valence-electron chi connectivity index (χ2n) is 3.01. The van der Waals surface area contributed by atoms with E-state index in [9.17, 15) is 4.79 Å². The van der Waals surface area contributed by atoms with Crippen molar-refractivity contribution >= 4 is 5.97 Å². The third-order valence-electron chi connectivity index (χ3n) is 2.27. The first-order valence-electron chi connectivity index (χ1n) is 4.17. The van der Waals surface area contributed by atoms with E-state index in [2.05, 4.69) is 4.74 Å². The van der Waals surface area contributed by atoms with Gasteiger partial charge in [0, 0.05) is 18.6 Å². The third-order valence-corrected chi connectivity index (χ3v) is 2.27. The fourth-order valence-electron chi connectivity index (χ4n) is 1.55. The van der Waals surface area contributed by atoms with Crippen molar-refractivity contribution in [2.45, 2.75) is 19.3 Å². The van der Waals surface area contributed by atoms with Gasteiger partial charge in [-0.3, -0.25) is 0 Å². The number of hydrogen-bond donors (Lipinski definition) is 1. The summed E-state index contributed by atoms with van der Waals surface area (Å²) in [5.41, 5.74) is 1.03. The fourth-order valence-corrected chi connectivity index (χ4v) is 1.55. The summed E-state index contributed by atoms with van der Waals surface area (Å²) in [6, 6.07) is 0. The van der Waals surface area contributed by atoms with Gasteiger partial charge in [-0.25, -0.2) is 4.79 Å². The minimum absolute atomic E-state index is 0.142. The lowest BCUT2D eigenvalue weighted by Crippen LogP contribution is -2.05. The molecule has 3 nitrogen and oxygen atoms in total. The van der Waals surface area contributed by atoms with E-state index >= 15 is 0 Å². The molecule has 0 bridgehead atoms. The number of ether oxygens (including phenoxy) is 1. The summed E-state index contributed by atoms with van der Waals surface area (Å²) in [6.07, 6.45) is 4.47. The summed E-state index contributed by atoms with van der Waals surface area (Å²) in [6.45, 7) is 0.142. The number of carbonyl (C=O) groups is 1. The first-order chi connectivity index (χ1) is 5.77. The van der Waals surface area contributed by atoms with Gasteiger partial charge in [-0.15, -0.1) is 0 Å².